The quantitative estimate of drug-likeness (QED) is 0.352. The summed E-state index contributed by atoms with van der Waals surface area (Å²) in [5.74, 6) is 2.87. The average molecular weight is 596 g/mol. The Bertz CT molecular complexity index is 1880. The third kappa shape index (κ3) is 3.83. The number of fused-ring (bicyclic) bond motifs is 7. The van der Waals surface area contributed by atoms with E-state index in [0.717, 1.165) is 37.6 Å². The summed E-state index contributed by atoms with van der Waals surface area (Å²) < 4.78 is 44.1. The van der Waals surface area contributed by atoms with Crippen LogP contribution in [0.5, 0.6) is 11.9 Å². The van der Waals surface area contributed by atoms with E-state index in [1.807, 2.05) is 18.2 Å². The van der Waals surface area contributed by atoms with Gasteiger partial charge in [-0.05, 0) is 49.6 Å². The standard InChI is InChI=1S/C33H31F2N7O2/c1-2-22-25-18(9-11-36-22)5-3-6-21(25)28-27(35)29-26-30(42-15-20-7-8-23(37-20)24(42)16-43-31(26)38-28)40-32(39-29)44-17-33-10-4-12-41(33)14-19(34)13-33/h1,3,5-6,9,11,19-20,23-24,37H,4,7-8,10,12-17H2/t19-,20-,23+,24-,33+/m1/s1. The second-order valence-electron chi connectivity index (χ2n) is 12.8. The number of terminal acetylenes is 1. The molecular weight excluding hydrogens is 564 g/mol. The van der Waals surface area contributed by atoms with Crippen LogP contribution in [0, 0.1) is 18.2 Å². The van der Waals surface area contributed by atoms with Crippen molar-refractivity contribution < 1.29 is 18.3 Å². The Morgan fingerprint density at radius 3 is 3.00 bits per heavy atom. The Morgan fingerprint density at radius 1 is 1.16 bits per heavy atom. The molecule has 0 aliphatic carbocycles. The number of halogens is 2. The van der Waals surface area contributed by atoms with E-state index in [-0.39, 0.29) is 47.3 Å². The van der Waals surface area contributed by atoms with Crippen LogP contribution in [0.1, 0.15) is 37.8 Å². The van der Waals surface area contributed by atoms with Gasteiger partial charge in [0, 0.05) is 48.7 Å². The summed E-state index contributed by atoms with van der Waals surface area (Å²) in [6, 6.07) is 7.97. The molecule has 0 amide bonds. The molecule has 0 saturated carbocycles. The maximum absolute atomic E-state index is 16.9. The van der Waals surface area contributed by atoms with Gasteiger partial charge in [0.1, 0.15) is 47.5 Å². The number of piperazine rings is 1. The van der Waals surface area contributed by atoms with Crippen molar-refractivity contribution in [1.82, 2.24) is 30.2 Å². The Balaban J connectivity index is 1.23. The second-order valence-corrected chi connectivity index (χ2v) is 12.8. The van der Waals surface area contributed by atoms with Crippen LogP contribution < -0.4 is 19.7 Å². The van der Waals surface area contributed by atoms with Crippen molar-refractivity contribution in [2.75, 3.05) is 37.7 Å². The first-order chi connectivity index (χ1) is 21.5. The van der Waals surface area contributed by atoms with Crippen LogP contribution in [-0.2, 0) is 0 Å². The summed E-state index contributed by atoms with van der Waals surface area (Å²) in [6.07, 6.45) is 10.9. The minimum absolute atomic E-state index is 0.0127. The molecule has 8 heterocycles. The summed E-state index contributed by atoms with van der Waals surface area (Å²) in [5.41, 5.74) is 0.680. The van der Waals surface area contributed by atoms with Crippen LogP contribution in [-0.4, -0.2) is 87.5 Å². The van der Waals surface area contributed by atoms with Gasteiger partial charge in [-0.3, -0.25) is 4.90 Å². The largest absolute Gasteiger partial charge is 0.475 e. The number of aromatic nitrogens is 4. The van der Waals surface area contributed by atoms with Crippen molar-refractivity contribution in [3.63, 3.8) is 0 Å². The van der Waals surface area contributed by atoms with Gasteiger partial charge in [-0.15, -0.1) is 6.42 Å². The number of benzene rings is 1. The van der Waals surface area contributed by atoms with Crippen molar-refractivity contribution in [1.29, 1.82) is 0 Å². The highest BCUT2D eigenvalue weighted by atomic mass is 19.1. The fraction of sp³-hybridized carbons (Fsp3) is 0.455. The fourth-order valence-electron chi connectivity index (χ4n) is 8.34. The number of rotatable bonds is 4. The van der Waals surface area contributed by atoms with Crippen LogP contribution in [0.2, 0.25) is 0 Å². The second kappa shape index (κ2) is 9.68. The van der Waals surface area contributed by atoms with E-state index in [2.05, 4.69) is 31.0 Å². The number of alkyl halides is 1. The molecule has 1 aromatic carbocycles. The van der Waals surface area contributed by atoms with Gasteiger partial charge in [-0.2, -0.15) is 9.97 Å². The van der Waals surface area contributed by atoms with E-state index in [0.29, 0.717) is 60.0 Å². The van der Waals surface area contributed by atoms with Crippen molar-refractivity contribution in [2.45, 2.75) is 61.9 Å². The molecule has 4 saturated heterocycles. The molecule has 2 bridgehead atoms. The average Bonchev–Trinajstić information content (AvgIpc) is 3.67. The molecule has 1 N–H and O–H groups in total. The molecule has 9 rings (SSSR count). The lowest BCUT2D eigenvalue weighted by molar-refractivity contribution is 0.107. The summed E-state index contributed by atoms with van der Waals surface area (Å²) in [6.45, 7) is 2.59. The van der Waals surface area contributed by atoms with Crippen molar-refractivity contribution in [3.8, 4) is 35.5 Å². The molecular formula is C33H31F2N7O2. The van der Waals surface area contributed by atoms with Gasteiger partial charge in [0.2, 0.25) is 5.88 Å². The Kier molecular flexibility index (Phi) is 5.78. The van der Waals surface area contributed by atoms with Crippen molar-refractivity contribution >= 4 is 27.5 Å². The van der Waals surface area contributed by atoms with Crippen LogP contribution in [0.4, 0.5) is 14.6 Å². The maximum atomic E-state index is 16.9. The Labute approximate surface area is 253 Å². The van der Waals surface area contributed by atoms with Gasteiger partial charge in [-0.25, -0.2) is 18.7 Å². The fourth-order valence-corrected chi connectivity index (χ4v) is 8.34. The van der Waals surface area contributed by atoms with E-state index in [9.17, 15) is 4.39 Å². The van der Waals surface area contributed by atoms with E-state index in [1.165, 1.54) is 0 Å². The van der Waals surface area contributed by atoms with E-state index in [1.54, 1.807) is 12.3 Å². The highest BCUT2D eigenvalue weighted by Crippen LogP contribution is 2.45. The van der Waals surface area contributed by atoms with Crippen LogP contribution in [0.25, 0.3) is 32.9 Å². The molecule has 4 aromatic rings. The molecule has 9 nitrogen and oxygen atoms in total. The molecule has 224 valence electrons. The predicted molar refractivity (Wildman–Crippen MR) is 161 cm³/mol. The highest BCUT2D eigenvalue weighted by molar-refractivity contribution is 6.02. The first kappa shape index (κ1) is 26.3. The Morgan fingerprint density at radius 2 is 2.09 bits per heavy atom. The minimum Gasteiger partial charge on any atom is -0.475 e. The smallest absolute Gasteiger partial charge is 0.319 e. The third-order valence-corrected chi connectivity index (χ3v) is 10.3. The SMILES string of the molecule is C#Cc1nccc2cccc(-c3nc4c5c(nc(OC[C@@]67CCCN6C[C@H](F)C7)nc5c3F)N3C[C@H]5CC[C@H](N5)[C@H]3CO4)c12. The van der Waals surface area contributed by atoms with Crippen LogP contribution >= 0.6 is 0 Å². The third-order valence-electron chi connectivity index (χ3n) is 10.3. The van der Waals surface area contributed by atoms with Crippen molar-refractivity contribution in [3.05, 3.63) is 42.0 Å². The van der Waals surface area contributed by atoms with E-state index < -0.39 is 12.0 Å². The molecule has 0 unspecified atom stereocenters. The maximum Gasteiger partial charge on any atom is 0.319 e. The lowest BCUT2D eigenvalue weighted by atomic mass is 9.95. The van der Waals surface area contributed by atoms with Gasteiger partial charge >= 0.3 is 6.01 Å². The molecule has 0 radical (unpaired) electrons. The van der Waals surface area contributed by atoms with E-state index >= 15 is 4.39 Å². The number of hydrogen-bond acceptors (Lipinski definition) is 9. The van der Waals surface area contributed by atoms with Gasteiger partial charge in [0.05, 0.1) is 11.6 Å². The zero-order valence-corrected chi connectivity index (χ0v) is 24.1. The predicted octanol–water partition coefficient (Wildman–Crippen LogP) is 4.02. The van der Waals surface area contributed by atoms with Gasteiger partial charge in [-0.1, -0.05) is 18.2 Å². The number of nitrogens with one attached hydrogen (secondary N) is 1. The van der Waals surface area contributed by atoms with Gasteiger partial charge < -0.3 is 19.7 Å². The molecule has 0 spiro atoms. The zero-order chi connectivity index (χ0) is 29.6. The lowest BCUT2D eigenvalue weighted by Gasteiger charge is -2.40. The Hall–Kier alpha value is -4.14. The monoisotopic (exact) mass is 595 g/mol. The molecule has 4 fully saturated rings. The van der Waals surface area contributed by atoms with Gasteiger partial charge in [0.15, 0.2) is 5.82 Å². The summed E-state index contributed by atoms with van der Waals surface area (Å²) >= 11 is 0. The first-order valence-electron chi connectivity index (χ1n) is 15.4. The molecule has 11 heteroatoms. The normalized spacial score (nSPS) is 28.9. The number of nitrogens with zero attached hydrogens (tertiary/aromatic N) is 6. The number of hydrogen-bond donors (Lipinski definition) is 1. The van der Waals surface area contributed by atoms with E-state index in [4.69, 9.17) is 25.9 Å². The summed E-state index contributed by atoms with van der Waals surface area (Å²) in [4.78, 5) is 23.1. The highest BCUT2D eigenvalue weighted by Gasteiger charge is 2.50. The van der Waals surface area contributed by atoms with Crippen LogP contribution in [0.3, 0.4) is 0 Å². The van der Waals surface area contributed by atoms with Crippen molar-refractivity contribution in [2.24, 2.45) is 0 Å². The number of anilines is 1. The number of pyridine rings is 2. The number of ether oxygens (including phenoxy) is 2. The summed E-state index contributed by atoms with van der Waals surface area (Å²) in [7, 11) is 0. The zero-order valence-electron chi connectivity index (χ0n) is 24.1. The van der Waals surface area contributed by atoms with Gasteiger partial charge in [0.25, 0.3) is 0 Å². The molecule has 44 heavy (non-hydrogen) atoms. The molecule has 3 aromatic heterocycles. The topological polar surface area (TPSA) is 88.5 Å². The molecule has 5 aliphatic heterocycles. The first-order valence-corrected chi connectivity index (χ1v) is 15.4. The summed E-state index contributed by atoms with van der Waals surface area (Å²) in [5, 5.41) is 5.60. The van der Waals surface area contributed by atoms with Crippen LogP contribution in [0.15, 0.2) is 30.5 Å². The molecule has 5 atom stereocenters. The molecule has 5 aliphatic rings. The lowest BCUT2D eigenvalue weighted by Crippen LogP contribution is -2.60. The minimum atomic E-state index is -0.882.